The van der Waals surface area contributed by atoms with Gasteiger partial charge in [-0.3, -0.25) is 4.90 Å². The highest BCUT2D eigenvalue weighted by atomic mass is 79.9. The van der Waals surface area contributed by atoms with E-state index >= 15 is 0 Å². The molecule has 0 bridgehead atoms. The van der Waals surface area contributed by atoms with E-state index in [1.54, 1.807) is 0 Å². The number of nitrogens with zero attached hydrogens (tertiary/aromatic N) is 2. The Morgan fingerprint density at radius 1 is 1.30 bits per heavy atom. The van der Waals surface area contributed by atoms with Gasteiger partial charge < -0.3 is 10.6 Å². The number of hydrogen-bond acceptors (Lipinski definition) is 3. The van der Waals surface area contributed by atoms with E-state index in [1.165, 1.54) is 11.1 Å². The van der Waals surface area contributed by atoms with Gasteiger partial charge in [-0.1, -0.05) is 35.0 Å². The number of nitrogens with two attached hydrogens (primary N) is 1. The fourth-order valence-electron chi connectivity index (χ4n) is 2.75. The molecule has 0 spiro atoms. The number of benzene rings is 1. The van der Waals surface area contributed by atoms with Crippen LogP contribution in [0.3, 0.4) is 0 Å². The van der Waals surface area contributed by atoms with E-state index in [0.717, 1.165) is 17.6 Å². The second-order valence-electron chi connectivity index (χ2n) is 5.70. The molecule has 2 N–H and O–H groups in total. The van der Waals surface area contributed by atoms with Crippen LogP contribution in [0.2, 0.25) is 0 Å². The minimum absolute atomic E-state index is 0.270. The molecule has 20 heavy (non-hydrogen) atoms. The molecule has 0 aliphatic rings. The first-order valence-corrected chi connectivity index (χ1v) is 8.06. The molecule has 114 valence electrons. The van der Waals surface area contributed by atoms with Crippen molar-refractivity contribution in [1.29, 1.82) is 0 Å². The van der Waals surface area contributed by atoms with Crippen molar-refractivity contribution in [2.24, 2.45) is 5.73 Å². The van der Waals surface area contributed by atoms with Crippen LogP contribution in [0.1, 0.15) is 31.0 Å². The smallest absolute Gasteiger partial charge is 0.0474 e. The Hall–Kier alpha value is -0.420. The molecule has 0 fully saturated rings. The number of likely N-dealkylation sites (N-methyl/N-ethyl adjacent to an activating group) is 2. The molecule has 0 saturated carbocycles. The molecule has 0 radical (unpaired) electrons. The van der Waals surface area contributed by atoms with Gasteiger partial charge in [0, 0.05) is 29.6 Å². The maximum atomic E-state index is 6.07. The Morgan fingerprint density at radius 2 is 1.95 bits per heavy atom. The number of hydrogen-bond donors (Lipinski definition) is 1. The SMILES string of the molecule is CCN(C(C)CN(C)C)C(CN)c1ccc(C)c(Br)c1. The van der Waals surface area contributed by atoms with Crippen LogP contribution in [0.4, 0.5) is 0 Å². The van der Waals surface area contributed by atoms with E-state index in [9.17, 15) is 0 Å². The average Bonchev–Trinajstić information content (AvgIpc) is 2.38. The van der Waals surface area contributed by atoms with Gasteiger partial charge in [-0.15, -0.1) is 0 Å². The average molecular weight is 342 g/mol. The first-order chi connectivity index (χ1) is 9.40. The topological polar surface area (TPSA) is 32.5 Å². The van der Waals surface area contributed by atoms with Crippen molar-refractivity contribution in [2.45, 2.75) is 32.9 Å². The van der Waals surface area contributed by atoms with Gasteiger partial charge in [0.15, 0.2) is 0 Å². The Labute approximate surface area is 132 Å². The highest BCUT2D eigenvalue weighted by Gasteiger charge is 2.23. The fourth-order valence-corrected chi connectivity index (χ4v) is 3.15. The lowest BCUT2D eigenvalue weighted by molar-refractivity contribution is 0.131. The molecule has 1 rings (SSSR count). The van der Waals surface area contributed by atoms with Gasteiger partial charge in [-0.2, -0.15) is 0 Å². The van der Waals surface area contributed by atoms with Gasteiger partial charge >= 0.3 is 0 Å². The highest BCUT2D eigenvalue weighted by molar-refractivity contribution is 9.10. The Morgan fingerprint density at radius 3 is 2.40 bits per heavy atom. The predicted molar refractivity (Wildman–Crippen MR) is 91.1 cm³/mol. The van der Waals surface area contributed by atoms with Crippen LogP contribution in [0, 0.1) is 6.92 Å². The van der Waals surface area contributed by atoms with Gasteiger partial charge in [0.25, 0.3) is 0 Å². The van der Waals surface area contributed by atoms with Crippen molar-refractivity contribution in [1.82, 2.24) is 9.80 Å². The lowest BCUT2D eigenvalue weighted by Crippen LogP contribution is -2.44. The third kappa shape index (κ3) is 4.55. The summed E-state index contributed by atoms with van der Waals surface area (Å²) < 4.78 is 1.16. The number of halogens is 1. The van der Waals surface area contributed by atoms with Gasteiger partial charge in [0.05, 0.1) is 0 Å². The summed E-state index contributed by atoms with van der Waals surface area (Å²) in [6.07, 6.45) is 0. The standard InChI is InChI=1S/C16H28BrN3/c1-6-20(13(3)11-19(4)5)16(10-18)14-8-7-12(2)15(17)9-14/h7-9,13,16H,6,10-11,18H2,1-5H3. The lowest BCUT2D eigenvalue weighted by Gasteiger charge is -2.36. The van der Waals surface area contributed by atoms with Crippen molar-refractivity contribution in [3.05, 3.63) is 33.8 Å². The van der Waals surface area contributed by atoms with E-state index in [-0.39, 0.29) is 6.04 Å². The minimum Gasteiger partial charge on any atom is -0.329 e. The molecular weight excluding hydrogens is 314 g/mol. The zero-order valence-electron chi connectivity index (χ0n) is 13.4. The summed E-state index contributed by atoms with van der Waals surface area (Å²) >= 11 is 3.62. The first-order valence-electron chi connectivity index (χ1n) is 7.27. The van der Waals surface area contributed by atoms with Crippen LogP contribution in [0.5, 0.6) is 0 Å². The molecule has 0 aromatic heterocycles. The third-order valence-electron chi connectivity index (χ3n) is 3.76. The molecular formula is C16H28BrN3. The fraction of sp³-hybridized carbons (Fsp3) is 0.625. The number of rotatable bonds is 7. The van der Waals surface area contributed by atoms with Gasteiger partial charge in [0.1, 0.15) is 0 Å². The summed E-state index contributed by atoms with van der Waals surface area (Å²) in [5.41, 5.74) is 8.61. The summed E-state index contributed by atoms with van der Waals surface area (Å²) in [5, 5.41) is 0. The second-order valence-corrected chi connectivity index (χ2v) is 6.56. The molecule has 0 amide bonds. The van der Waals surface area contributed by atoms with Gasteiger partial charge in [0.2, 0.25) is 0 Å². The van der Waals surface area contributed by atoms with Crippen LogP contribution in [-0.4, -0.2) is 49.6 Å². The maximum absolute atomic E-state index is 6.07. The number of aryl methyl sites for hydroxylation is 1. The van der Waals surface area contributed by atoms with E-state index in [1.807, 2.05) is 0 Å². The van der Waals surface area contributed by atoms with E-state index in [0.29, 0.717) is 12.6 Å². The van der Waals surface area contributed by atoms with Crippen molar-refractivity contribution in [2.75, 3.05) is 33.7 Å². The van der Waals surface area contributed by atoms with E-state index in [2.05, 4.69) is 78.8 Å². The minimum atomic E-state index is 0.270. The molecule has 1 aromatic carbocycles. The Kier molecular flexibility index (Phi) is 7.17. The molecule has 1 aromatic rings. The first kappa shape index (κ1) is 17.6. The molecule has 0 saturated heterocycles. The zero-order valence-corrected chi connectivity index (χ0v) is 14.9. The van der Waals surface area contributed by atoms with Crippen LogP contribution >= 0.6 is 15.9 Å². The summed E-state index contributed by atoms with van der Waals surface area (Å²) in [4.78, 5) is 4.71. The molecule has 2 unspecified atom stereocenters. The molecule has 0 aliphatic carbocycles. The molecule has 4 heteroatoms. The molecule has 2 atom stereocenters. The molecule has 3 nitrogen and oxygen atoms in total. The quantitative estimate of drug-likeness (QED) is 0.827. The maximum Gasteiger partial charge on any atom is 0.0474 e. The molecule has 0 heterocycles. The van der Waals surface area contributed by atoms with Crippen LogP contribution in [0.25, 0.3) is 0 Å². The third-order valence-corrected chi connectivity index (χ3v) is 4.62. The van der Waals surface area contributed by atoms with Crippen LogP contribution in [0.15, 0.2) is 22.7 Å². The Bertz CT molecular complexity index is 420. The summed E-state index contributed by atoms with van der Waals surface area (Å²) in [7, 11) is 4.23. The summed E-state index contributed by atoms with van der Waals surface area (Å²) in [6, 6.07) is 7.31. The van der Waals surface area contributed by atoms with Crippen molar-refractivity contribution in [3.63, 3.8) is 0 Å². The monoisotopic (exact) mass is 341 g/mol. The molecule has 0 aliphatic heterocycles. The normalized spacial score (nSPS) is 14.8. The Balaban J connectivity index is 2.98. The van der Waals surface area contributed by atoms with Crippen molar-refractivity contribution in [3.8, 4) is 0 Å². The van der Waals surface area contributed by atoms with E-state index < -0.39 is 0 Å². The van der Waals surface area contributed by atoms with E-state index in [4.69, 9.17) is 5.73 Å². The van der Waals surface area contributed by atoms with Crippen molar-refractivity contribution >= 4 is 15.9 Å². The predicted octanol–water partition coefficient (Wildman–Crippen LogP) is 3.03. The summed E-state index contributed by atoms with van der Waals surface area (Å²) in [5.74, 6) is 0. The summed E-state index contributed by atoms with van der Waals surface area (Å²) in [6.45, 7) is 9.27. The highest BCUT2D eigenvalue weighted by Crippen LogP contribution is 2.26. The van der Waals surface area contributed by atoms with Crippen LogP contribution in [-0.2, 0) is 0 Å². The van der Waals surface area contributed by atoms with Crippen LogP contribution < -0.4 is 5.73 Å². The lowest BCUT2D eigenvalue weighted by atomic mass is 10.0. The van der Waals surface area contributed by atoms with Gasteiger partial charge in [-0.05, 0) is 51.7 Å². The van der Waals surface area contributed by atoms with Crippen molar-refractivity contribution < 1.29 is 0 Å². The van der Waals surface area contributed by atoms with Gasteiger partial charge in [-0.25, -0.2) is 0 Å². The zero-order chi connectivity index (χ0) is 15.3. The largest absolute Gasteiger partial charge is 0.329 e. The second kappa shape index (κ2) is 8.13.